The van der Waals surface area contributed by atoms with Gasteiger partial charge in [-0.3, -0.25) is 4.90 Å². The molecule has 0 saturated carbocycles. The lowest BCUT2D eigenvalue weighted by atomic mass is 10.1. The summed E-state index contributed by atoms with van der Waals surface area (Å²) in [5, 5.41) is 12.5. The number of rotatable bonds is 6. The first-order valence-electron chi connectivity index (χ1n) is 9.15. The summed E-state index contributed by atoms with van der Waals surface area (Å²) in [4.78, 5) is 6.16. The van der Waals surface area contributed by atoms with Crippen LogP contribution in [0.3, 0.4) is 0 Å². The molecule has 7 nitrogen and oxygen atoms in total. The molecule has 142 valence electrons. The van der Waals surface area contributed by atoms with E-state index < -0.39 is 0 Å². The van der Waals surface area contributed by atoms with Crippen molar-refractivity contribution < 1.29 is 4.42 Å². The Bertz CT molecular complexity index is 1020. The summed E-state index contributed by atoms with van der Waals surface area (Å²) in [6.07, 6.45) is 3.21. The van der Waals surface area contributed by atoms with Crippen LogP contribution in [0.4, 0.5) is 0 Å². The SMILES string of the molecule is Cc1ccc(-c2nnc(CN(C)[C@@H](C)c3ccc(-n4cncn4)cc3)o2)cc1. The Hall–Kier alpha value is -3.32. The maximum absolute atomic E-state index is 5.85. The molecule has 0 aliphatic rings. The molecule has 0 unspecified atom stereocenters. The lowest BCUT2D eigenvalue weighted by Gasteiger charge is -2.23. The second-order valence-electron chi connectivity index (χ2n) is 6.89. The Morgan fingerprint density at radius 1 is 1.04 bits per heavy atom. The molecule has 4 aromatic rings. The number of hydrogen-bond donors (Lipinski definition) is 0. The largest absolute Gasteiger partial charge is 0.419 e. The monoisotopic (exact) mass is 374 g/mol. The summed E-state index contributed by atoms with van der Waals surface area (Å²) >= 11 is 0. The van der Waals surface area contributed by atoms with E-state index in [1.165, 1.54) is 17.5 Å². The van der Waals surface area contributed by atoms with Crippen molar-refractivity contribution in [1.82, 2.24) is 29.9 Å². The van der Waals surface area contributed by atoms with Crippen LogP contribution in [-0.4, -0.2) is 36.9 Å². The molecular formula is C21H22N6O. The first-order valence-corrected chi connectivity index (χ1v) is 9.15. The molecule has 0 saturated heterocycles. The van der Waals surface area contributed by atoms with Crippen LogP contribution < -0.4 is 0 Å². The van der Waals surface area contributed by atoms with Crippen molar-refractivity contribution in [2.45, 2.75) is 26.4 Å². The van der Waals surface area contributed by atoms with Crippen LogP contribution in [0.15, 0.2) is 65.6 Å². The Kier molecular flexibility index (Phi) is 4.99. The van der Waals surface area contributed by atoms with Gasteiger partial charge in [0.15, 0.2) is 0 Å². The highest BCUT2D eigenvalue weighted by Crippen LogP contribution is 2.23. The molecular weight excluding hydrogens is 352 g/mol. The number of aromatic nitrogens is 5. The van der Waals surface area contributed by atoms with Crippen molar-refractivity contribution in [2.24, 2.45) is 0 Å². The Balaban J connectivity index is 1.43. The highest BCUT2D eigenvalue weighted by molar-refractivity contribution is 5.52. The minimum Gasteiger partial charge on any atom is -0.419 e. The van der Waals surface area contributed by atoms with E-state index in [-0.39, 0.29) is 6.04 Å². The fraction of sp³-hybridized carbons (Fsp3) is 0.238. The van der Waals surface area contributed by atoms with Gasteiger partial charge in [-0.15, -0.1) is 10.2 Å². The van der Waals surface area contributed by atoms with E-state index in [0.717, 1.165) is 11.3 Å². The van der Waals surface area contributed by atoms with Gasteiger partial charge in [0.25, 0.3) is 0 Å². The molecule has 2 heterocycles. The number of nitrogens with zero attached hydrogens (tertiary/aromatic N) is 6. The molecule has 1 atom stereocenters. The molecule has 28 heavy (non-hydrogen) atoms. The molecule has 0 fully saturated rings. The molecule has 4 rings (SSSR count). The van der Waals surface area contributed by atoms with Crippen molar-refractivity contribution in [1.29, 1.82) is 0 Å². The lowest BCUT2D eigenvalue weighted by molar-refractivity contribution is 0.228. The van der Waals surface area contributed by atoms with Gasteiger partial charge < -0.3 is 4.42 Å². The van der Waals surface area contributed by atoms with Gasteiger partial charge in [-0.05, 0) is 50.7 Å². The Morgan fingerprint density at radius 3 is 2.46 bits per heavy atom. The summed E-state index contributed by atoms with van der Waals surface area (Å²) in [5.74, 6) is 1.15. The average Bonchev–Trinajstić information content (AvgIpc) is 3.40. The van der Waals surface area contributed by atoms with Crippen LogP contribution in [0, 0.1) is 6.92 Å². The average molecular weight is 374 g/mol. The molecule has 2 aromatic heterocycles. The topological polar surface area (TPSA) is 72.9 Å². The highest BCUT2D eigenvalue weighted by atomic mass is 16.4. The zero-order chi connectivity index (χ0) is 19.5. The van der Waals surface area contributed by atoms with Crippen molar-refractivity contribution in [3.8, 4) is 17.1 Å². The molecule has 0 aliphatic heterocycles. The quantitative estimate of drug-likeness (QED) is 0.511. The standard InChI is InChI=1S/C21H22N6O/c1-15-4-6-18(7-5-15)21-25-24-20(28-21)12-26(3)16(2)17-8-10-19(11-9-17)27-14-22-13-23-27/h4-11,13-14,16H,12H2,1-3H3/t16-/m0/s1. The third-order valence-electron chi connectivity index (χ3n) is 4.87. The van der Waals surface area contributed by atoms with E-state index in [4.69, 9.17) is 4.42 Å². The molecule has 0 radical (unpaired) electrons. The first-order chi connectivity index (χ1) is 13.6. The van der Waals surface area contributed by atoms with Crippen molar-refractivity contribution >= 4 is 0 Å². The van der Waals surface area contributed by atoms with Crippen LogP contribution in [-0.2, 0) is 6.54 Å². The van der Waals surface area contributed by atoms with E-state index in [0.29, 0.717) is 18.3 Å². The van der Waals surface area contributed by atoms with E-state index in [1.807, 2.05) is 43.4 Å². The maximum Gasteiger partial charge on any atom is 0.247 e. The van der Waals surface area contributed by atoms with Crippen LogP contribution in [0.5, 0.6) is 0 Å². The van der Waals surface area contributed by atoms with E-state index in [9.17, 15) is 0 Å². The van der Waals surface area contributed by atoms with Crippen molar-refractivity contribution in [3.05, 3.63) is 78.2 Å². The molecule has 7 heteroatoms. The van der Waals surface area contributed by atoms with Gasteiger partial charge in [0.1, 0.15) is 12.7 Å². The van der Waals surface area contributed by atoms with E-state index in [1.54, 1.807) is 11.0 Å². The van der Waals surface area contributed by atoms with Gasteiger partial charge in [0.05, 0.1) is 12.2 Å². The third kappa shape index (κ3) is 3.84. The normalized spacial score (nSPS) is 12.4. The van der Waals surface area contributed by atoms with Gasteiger partial charge in [-0.1, -0.05) is 29.8 Å². The highest BCUT2D eigenvalue weighted by Gasteiger charge is 2.16. The number of aryl methyl sites for hydroxylation is 1. The van der Waals surface area contributed by atoms with E-state index >= 15 is 0 Å². The van der Waals surface area contributed by atoms with Crippen molar-refractivity contribution in [2.75, 3.05) is 7.05 Å². The van der Waals surface area contributed by atoms with Gasteiger partial charge >= 0.3 is 0 Å². The second-order valence-corrected chi connectivity index (χ2v) is 6.89. The summed E-state index contributed by atoms with van der Waals surface area (Å²) in [7, 11) is 2.05. The minimum absolute atomic E-state index is 0.194. The summed E-state index contributed by atoms with van der Waals surface area (Å²) in [6.45, 7) is 4.78. The lowest BCUT2D eigenvalue weighted by Crippen LogP contribution is -2.22. The number of benzene rings is 2. The zero-order valence-electron chi connectivity index (χ0n) is 16.1. The summed E-state index contributed by atoms with van der Waals surface area (Å²) < 4.78 is 7.59. The van der Waals surface area contributed by atoms with Crippen LogP contribution in [0.25, 0.3) is 17.1 Å². The molecule has 0 bridgehead atoms. The fourth-order valence-corrected chi connectivity index (χ4v) is 2.98. The fourth-order valence-electron chi connectivity index (χ4n) is 2.98. The predicted molar refractivity (Wildman–Crippen MR) is 106 cm³/mol. The van der Waals surface area contributed by atoms with Crippen molar-refractivity contribution in [3.63, 3.8) is 0 Å². The number of hydrogen-bond acceptors (Lipinski definition) is 6. The van der Waals surface area contributed by atoms with Gasteiger partial charge in [-0.2, -0.15) is 5.10 Å². The molecule has 0 aliphatic carbocycles. The zero-order valence-corrected chi connectivity index (χ0v) is 16.1. The molecule has 0 spiro atoms. The smallest absolute Gasteiger partial charge is 0.247 e. The third-order valence-corrected chi connectivity index (χ3v) is 4.87. The van der Waals surface area contributed by atoms with Gasteiger partial charge in [0.2, 0.25) is 11.8 Å². The molecule has 0 amide bonds. The van der Waals surface area contributed by atoms with Crippen LogP contribution in [0.1, 0.15) is 30.0 Å². The van der Waals surface area contributed by atoms with E-state index in [2.05, 4.69) is 51.2 Å². The van der Waals surface area contributed by atoms with Crippen LogP contribution >= 0.6 is 0 Å². The molecule has 2 aromatic carbocycles. The van der Waals surface area contributed by atoms with Gasteiger partial charge in [-0.25, -0.2) is 9.67 Å². The first kappa shape index (κ1) is 18.1. The van der Waals surface area contributed by atoms with Gasteiger partial charge in [0, 0.05) is 11.6 Å². The summed E-state index contributed by atoms with van der Waals surface area (Å²) in [6, 6.07) is 16.5. The predicted octanol–water partition coefficient (Wildman–Crippen LogP) is 3.82. The maximum atomic E-state index is 5.85. The second kappa shape index (κ2) is 7.74. The summed E-state index contributed by atoms with van der Waals surface area (Å²) in [5.41, 5.74) is 4.32. The minimum atomic E-state index is 0.194. The Morgan fingerprint density at radius 2 is 1.79 bits per heavy atom. The molecule has 0 N–H and O–H groups in total. The van der Waals surface area contributed by atoms with Crippen LogP contribution in [0.2, 0.25) is 0 Å². The Labute approximate surface area is 163 Å².